The Morgan fingerprint density at radius 1 is 1.03 bits per heavy atom. The molecule has 0 unspecified atom stereocenters. The summed E-state index contributed by atoms with van der Waals surface area (Å²) in [6, 6.07) is 15.5. The Balaban J connectivity index is 1.35. The maximum Gasteiger partial charge on any atom is 0.301 e. The molecule has 4 rings (SSSR count). The first-order valence-electron chi connectivity index (χ1n) is 9.87. The molecule has 1 fully saturated rings. The number of piperidine rings is 1. The fraction of sp³-hybridized carbons (Fsp3) is 0.364. The number of hydrogen-bond donors (Lipinski definition) is 0. The lowest BCUT2D eigenvalue weighted by atomic mass is 9.98. The maximum atomic E-state index is 13.2. The molecule has 0 amide bonds. The van der Waals surface area contributed by atoms with Gasteiger partial charge in [-0.05, 0) is 56.1 Å². The molecule has 5 nitrogen and oxygen atoms in total. The lowest BCUT2D eigenvalue weighted by Gasteiger charge is -2.31. The SMILES string of the molecule is FC(F)c1cn(-c2ccccc2)c(OCC2CCN(Cc3ccccn3)CC2)n1. The zero-order valence-corrected chi connectivity index (χ0v) is 16.1. The third kappa shape index (κ3) is 4.98. The minimum absolute atomic E-state index is 0.224. The molecule has 0 bridgehead atoms. The Bertz CT molecular complexity index is 894. The quantitative estimate of drug-likeness (QED) is 0.588. The highest BCUT2D eigenvalue weighted by Crippen LogP contribution is 2.26. The van der Waals surface area contributed by atoms with Gasteiger partial charge in [0.05, 0.1) is 18.0 Å². The molecule has 152 valence electrons. The van der Waals surface area contributed by atoms with Crippen molar-refractivity contribution >= 4 is 0 Å². The van der Waals surface area contributed by atoms with Crippen LogP contribution in [0.4, 0.5) is 8.78 Å². The number of imidazole rings is 1. The van der Waals surface area contributed by atoms with Crippen molar-refractivity contribution in [2.24, 2.45) is 5.92 Å². The van der Waals surface area contributed by atoms with Crippen LogP contribution in [-0.4, -0.2) is 39.1 Å². The number of para-hydroxylation sites is 1. The van der Waals surface area contributed by atoms with Crippen molar-refractivity contribution in [1.29, 1.82) is 0 Å². The molecule has 1 aliphatic rings. The Kier molecular flexibility index (Phi) is 6.14. The molecule has 1 aromatic carbocycles. The lowest BCUT2D eigenvalue weighted by Crippen LogP contribution is -2.35. The van der Waals surface area contributed by atoms with Gasteiger partial charge >= 0.3 is 6.01 Å². The number of hydrogen-bond acceptors (Lipinski definition) is 4. The van der Waals surface area contributed by atoms with Gasteiger partial charge in [-0.15, -0.1) is 0 Å². The second-order valence-electron chi connectivity index (χ2n) is 7.31. The Labute approximate surface area is 169 Å². The molecule has 3 heterocycles. The number of ether oxygens (including phenoxy) is 1. The summed E-state index contributed by atoms with van der Waals surface area (Å²) in [6.07, 6.45) is 2.54. The largest absolute Gasteiger partial charge is 0.464 e. The van der Waals surface area contributed by atoms with Gasteiger partial charge in [-0.25, -0.2) is 8.78 Å². The monoisotopic (exact) mass is 398 g/mol. The fourth-order valence-electron chi connectivity index (χ4n) is 3.59. The van der Waals surface area contributed by atoms with E-state index in [4.69, 9.17) is 4.74 Å². The number of halogens is 2. The van der Waals surface area contributed by atoms with Gasteiger partial charge in [0.15, 0.2) is 0 Å². The Morgan fingerprint density at radius 3 is 2.48 bits per heavy atom. The van der Waals surface area contributed by atoms with E-state index in [1.54, 1.807) is 4.57 Å². The maximum absolute atomic E-state index is 13.2. The van der Waals surface area contributed by atoms with Crippen LogP contribution >= 0.6 is 0 Å². The van der Waals surface area contributed by atoms with E-state index in [9.17, 15) is 8.78 Å². The first-order valence-corrected chi connectivity index (χ1v) is 9.87. The first-order chi connectivity index (χ1) is 14.2. The Hall–Kier alpha value is -2.80. The number of pyridine rings is 1. The van der Waals surface area contributed by atoms with Gasteiger partial charge in [-0.3, -0.25) is 14.5 Å². The molecule has 3 aromatic rings. The lowest BCUT2D eigenvalue weighted by molar-refractivity contribution is 0.128. The number of likely N-dealkylation sites (tertiary alicyclic amines) is 1. The molecule has 0 N–H and O–H groups in total. The molecule has 2 aromatic heterocycles. The number of nitrogens with zero attached hydrogens (tertiary/aromatic N) is 4. The summed E-state index contributed by atoms with van der Waals surface area (Å²) in [4.78, 5) is 10.8. The number of benzene rings is 1. The summed E-state index contributed by atoms with van der Waals surface area (Å²) < 4.78 is 33.8. The van der Waals surface area contributed by atoms with Crippen LogP contribution in [0.15, 0.2) is 60.9 Å². The third-order valence-corrected chi connectivity index (χ3v) is 5.22. The second-order valence-corrected chi connectivity index (χ2v) is 7.31. The summed E-state index contributed by atoms with van der Waals surface area (Å²) in [6.45, 7) is 3.27. The molecule has 7 heteroatoms. The fourth-order valence-corrected chi connectivity index (χ4v) is 3.59. The van der Waals surface area contributed by atoms with Crippen molar-refractivity contribution in [2.45, 2.75) is 25.8 Å². The molecule has 0 radical (unpaired) electrons. The topological polar surface area (TPSA) is 43.2 Å². The van der Waals surface area contributed by atoms with Crippen LogP contribution in [0.3, 0.4) is 0 Å². The molecule has 0 spiro atoms. The van der Waals surface area contributed by atoms with Crippen LogP contribution in [-0.2, 0) is 6.54 Å². The predicted octanol–water partition coefficient (Wildman–Crippen LogP) is 4.50. The zero-order valence-electron chi connectivity index (χ0n) is 16.1. The molecule has 0 atom stereocenters. The van der Waals surface area contributed by atoms with Gasteiger partial charge < -0.3 is 4.74 Å². The zero-order chi connectivity index (χ0) is 20.1. The van der Waals surface area contributed by atoms with Crippen LogP contribution in [0.2, 0.25) is 0 Å². The molecular formula is C22H24F2N4O. The van der Waals surface area contributed by atoms with Gasteiger partial charge in [0.2, 0.25) is 0 Å². The number of alkyl halides is 2. The van der Waals surface area contributed by atoms with Crippen molar-refractivity contribution in [3.63, 3.8) is 0 Å². The van der Waals surface area contributed by atoms with Gasteiger partial charge in [0.25, 0.3) is 6.43 Å². The third-order valence-electron chi connectivity index (χ3n) is 5.22. The van der Waals surface area contributed by atoms with Crippen molar-refractivity contribution in [2.75, 3.05) is 19.7 Å². The van der Waals surface area contributed by atoms with Crippen molar-refractivity contribution in [1.82, 2.24) is 19.4 Å². The van der Waals surface area contributed by atoms with Gasteiger partial charge in [0, 0.05) is 18.9 Å². The summed E-state index contributed by atoms with van der Waals surface area (Å²) >= 11 is 0. The van der Waals surface area contributed by atoms with Crippen LogP contribution < -0.4 is 4.74 Å². The highest BCUT2D eigenvalue weighted by molar-refractivity contribution is 5.35. The molecule has 1 saturated heterocycles. The van der Waals surface area contributed by atoms with Gasteiger partial charge in [0.1, 0.15) is 5.69 Å². The van der Waals surface area contributed by atoms with E-state index in [1.165, 1.54) is 6.20 Å². The average molecular weight is 398 g/mol. The Morgan fingerprint density at radius 2 is 1.79 bits per heavy atom. The number of aromatic nitrogens is 3. The van der Waals surface area contributed by atoms with Crippen molar-refractivity contribution in [3.8, 4) is 11.7 Å². The summed E-state index contributed by atoms with van der Waals surface area (Å²) in [5.41, 5.74) is 1.56. The average Bonchev–Trinajstić information content (AvgIpc) is 3.19. The van der Waals surface area contributed by atoms with Crippen molar-refractivity contribution < 1.29 is 13.5 Å². The second kappa shape index (κ2) is 9.13. The van der Waals surface area contributed by atoms with E-state index in [0.717, 1.165) is 43.9 Å². The van der Waals surface area contributed by atoms with E-state index in [1.807, 2.05) is 54.7 Å². The smallest absolute Gasteiger partial charge is 0.301 e. The highest BCUT2D eigenvalue weighted by atomic mass is 19.3. The van der Waals surface area contributed by atoms with E-state index >= 15 is 0 Å². The minimum Gasteiger partial charge on any atom is -0.464 e. The normalized spacial score (nSPS) is 15.7. The molecular weight excluding hydrogens is 374 g/mol. The van der Waals surface area contributed by atoms with Crippen molar-refractivity contribution in [3.05, 3.63) is 72.3 Å². The van der Waals surface area contributed by atoms with Crippen LogP contribution in [0.1, 0.15) is 30.7 Å². The molecule has 0 aliphatic carbocycles. The molecule has 1 aliphatic heterocycles. The predicted molar refractivity (Wildman–Crippen MR) is 106 cm³/mol. The minimum atomic E-state index is -2.63. The van der Waals surface area contributed by atoms with Crippen LogP contribution in [0.25, 0.3) is 5.69 Å². The molecule has 0 saturated carbocycles. The van der Waals surface area contributed by atoms with Gasteiger partial charge in [-0.1, -0.05) is 24.3 Å². The standard InChI is InChI=1S/C22H24F2N4O/c23-21(24)20-15-28(19-7-2-1-3-8-19)22(26-20)29-16-17-9-12-27(13-10-17)14-18-6-4-5-11-25-18/h1-8,11,15,17,21H,9-10,12-14,16H2. The van der Waals surface area contributed by atoms with E-state index in [0.29, 0.717) is 12.5 Å². The number of rotatable bonds is 7. The highest BCUT2D eigenvalue weighted by Gasteiger charge is 2.22. The van der Waals surface area contributed by atoms with E-state index in [-0.39, 0.29) is 11.7 Å². The first kappa shape index (κ1) is 19.5. The summed E-state index contributed by atoms with van der Waals surface area (Å²) in [5, 5.41) is 0. The summed E-state index contributed by atoms with van der Waals surface area (Å²) in [5.74, 6) is 0.380. The van der Waals surface area contributed by atoms with Crippen LogP contribution in [0.5, 0.6) is 6.01 Å². The van der Waals surface area contributed by atoms with E-state index in [2.05, 4.69) is 14.9 Å². The molecule has 29 heavy (non-hydrogen) atoms. The van der Waals surface area contributed by atoms with Gasteiger partial charge in [-0.2, -0.15) is 4.98 Å². The van der Waals surface area contributed by atoms with Crippen LogP contribution in [0, 0.1) is 5.92 Å². The van der Waals surface area contributed by atoms with E-state index < -0.39 is 6.43 Å². The summed E-state index contributed by atoms with van der Waals surface area (Å²) in [7, 11) is 0.